The summed E-state index contributed by atoms with van der Waals surface area (Å²) >= 11 is 0.465. The molecular weight excluding hydrogens is 471 g/mol. The number of fused-ring (bicyclic) bond motifs is 3. The Bertz CT molecular complexity index is 880. The summed E-state index contributed by atoms with van der Waals surface area (Å²) in [4.78, 5) is 0.678. The van der Waals surface area contributed by atoms with Gasteiger partial charge in [0.2, 0.25) is 0 Å². The van der Waals surface area contributed by atoms with Gasteiger partial charge in [0, 0.05) is 0 Å². The molecule has 0 amide bonds. The maximum absolute atomic E-state index is 6.73. The molecule has 1 aromatic rings. The van der Waals surface area contributed by atoms with Crippen molar-refractivity contribution in [2.75, 3.05) is 0 Å². The van der Waals surface area contributed by atoms with E-state index in [1.165, 1.54) is 31.4 Å². The normalized spacial score (nSPS) is 36.4. The first-order valence-electron chi connectivity index (χ1n) is 12.8. The van der Waals surface area contributed by atoms with E-state index >= 15 is 0 Å². The summed E-state index contributed by atoms with van der Waals surface area (Å²) in [5.41, 5.74) is 3.76. The molecule has 0 saturated heterocycles. The van der Waals surface area contributed by atoms with Crippen molar-refractivity contribution in [2.45, 2.75) is 84.8 Å². The molecule has 1 aromatic carbocycles. The molecule has 0 spiro atoms. The molecule has 0 aromatic heterocycles. The zero-order valence-electron chi connectivity index (χ0n) is 21.6. The molecule has 0 radical (unpaired) electrons. The summed E-state index contributed by atoms with van der Waals surface area (Å²) in [6.45, 7) is 19.3. The van der Waals surface area contributed by atoms with Gasteiger partial charge in [0.25, 0.3) is 0 Å². The van der Waals surface area contributed by atoms with Crippen molar-refractivity contribution in [3.05, 3.63) is 53.3 Å². The molecule has 3 aliphatic rings. The van der Waals surface area contributed by atoms with Gasteiger partial charge in [-0.05, 0) is 0 Å². The summed E-state index contributed by atoms with van der Waals surface area (Å²) in [6, 6.07) is 11.3. The predicted molar refractivity (Wildman–Crippen MR) is 142 cm³/mol. The topological polar surface area (TPSA) is 9.23 Å². The van der Waals surface area contributed by atoms with Crippen LogP contribution in [-0.4, -0.2) is 23.3 Å². The van der Waals surface area contributed by atoms with E-state index in [0.717, 1.165) is 23.7 Å². The molecule has 2 fully saturated rings. The molecule has 4 rings (SSSR count). The van der Waals surface area contributed by atoms with E-state index < -0.39 is 8.32 Å². The summed E-state index contributed by atoms with van der Waals surface area (Å²) in [7, 11) is -1.63. The van der Waals surface area contributed by atoms with Crippen molar-refractivity contribution in [3.63, 3.8) is 0 Å². The predicted octanol–water partition coefficient (Wildman–Crippen LogP) is 7.60. The van der Waals surface area contributed by atoms with Crippen LogP contribution in [-0.2, 0) is 4.43 Å². The first-order valence-corrected chi connectivity index (χ1v) is 18.0. The zero-order chi connectivity index (χ0) is 23.3. The third-order valence-electron chi connectivity index (χ3n) is 8.54. The molecular formula is C29H44OSeSi. The van der Waals surface area contributed by atoms with Crippen molar-refractivity contribution >= 4 is 27.7 Å². The van der Waals surface area contributed by atoms with Crippen LogP contribution >= 0.6 is 0 Å². The van der Waals surface area contributed by atoms with Gasteiger partial charge in [-0.15, -0.1) is 0 Å². The molecule has 0 bridgehead atoms. The molecule has 0 aliphatic heterocycles. The molecule has 0 heterocycles. The SMILES string of the molecule is CC1=C[C@H]2[C@H](C(C)C)CC[C@]2(C)[C@H]2CC([Se]c3ccccc3)/C(=C(\C)O[Si](C)(C)C)[C@H]2C1. The van der Waals surface area contributed by atoms with E-state index in [9.17, 15) is 0 Å². The number of allylic oxidation sites excluding steroid dienone is 4. The van der Waals surface area contributed by atoms with Gasteiger partial charge in [0.1, 0.15) is 0 Å². The van der Waals surface area contributed by atoms with Crippen molar-refractivity contribution in [2.24, 2.45) is 35.0 Å². The van der Waals surface area contributed by atoms with Gasteiger partial charge in [0.05, 0.1) is 0 Å². The first kappa shape index (κ1) is 24.4. The summed E-state index contributed by atoms with van der Waals surface area (Å²) in [6.07, 6.45) is 8.13. The number of rotatable bonds is 5. The Kier molecular flexibility index (Phi) is 6.94. The average Bonchev–Trinajstić information content (AvgIpc) is 3.17. The number of hydrogen-bond donors (Lipinski definition) is 0. The van der Waals surface area contributed by atoms with Gasteiger partial charge in [-0.1, -0.05) is 0 Å². The van der Waals surface area contributed by atoms with Gasteiger partial charge in [-0.2, -0.15) is 0 Å². The molecule has 2 saturated carbocycles. The van der Waals surface area contributed by atoms with Gasteiger partial charge in [-0.3, -0.25) is 0 Å². The average molecular weight is 516 g/mol. The van der Waals surface area contributed by atoms with Crippen LogP contribution in [0, 0.1) is 35.0 Å². The molecule has 3 aliphatic carbocycles. The van der Waals surface area contributed by atoms with Crippen LogP contribution in [0.5, 0.6) is 0 Å². The maximum atomic E-state index is 6.73. The van der Waals surface area contributed by atoms with E-state index in [1.54, 1.807) is 15.6 Å². The summed E-state index contributed by atoms with van der Waals surface area (Å²) in [5, 5.41) is 0. The van der Waals surface area contributed by atoms with Crippen molar-refractivity contribution in [1.29, 1.82) is 0 Å². The molecule has 0 N–H and O–H groups in total. The molecule has 176 valence electrons. The van der Waals surface area contributed by atoms with Crippen molar-refractivity contribution in [1.82, 2.24) is 0 Å². The minimum absolute atomic E-state index is 0.434. The van der Waals surface area contributed by atoms with Crippen LogP contribution in [0.4, 0.5) is 0 Å². The Labute approximate surface area is 204 Å². The second-order valence-corrected chi connectivity index (χ2v) is 19.4. The van der Waals surface area contributed by atoms with E-state index in [4.69, 9.17) is 4.43 Å². The molecule has 1 nitrogen and oxygen atoms in total. The van der Waals surface area contributed by atoms with E-state index in [-0.39, 0.29) is 0 Å². The fourth-order valence-corrected chi connectivity index (χ4v) is 11.3. The van der Waals surface area contributed by atoms with Crippen LogP contribution in [0.25, 0.3) is 0 Å². The monoisotopic (exact) mass is 516 g/mol. The second kappa shape index (κ2) is 9.12. The fourth-order valence-electron chi connectivity index (χ4n) is 7.27. The molecule has 3 heteroatoms. The van der Waals surface area contributed by atoms with Crippen molar-refractivity contribution < 1.29 is 4.43 Å². The van der Waals surface area contributed by atoms with Gasteiger partial charge >= 0.3 is 205 Å². The number of hydrogen-bond acceptors (Lipinski definition) is 1. The fraction of sp³-hybridized carbons (Fsp3) is 0.655. The Morgan fingerprint density at radius 2 is 1.84 bits per heavy atom. The van der Waals surface area contributed by atoms with E-state index in [2.05, 4.69) is 90.7 Å². The van der Waals surface area contributed by atoms with Crippen LogP contribution in [0.2, 0.25) is 24.5 Å². The second-order valence-electron chi connectivity index (χ2n) is 12.3. The molecule has 1 unspecified atom stereocenters. The van der Waals surface area contributed by atoms with Gasteiger partial charge in [-0.25, -0.2) is 0 Å². The van der Waals surface area contributed by atoms with Crippen LogP contribution in [0.1, 0.15) is 60.3 Å². The molecule has 6 atom stereocenters. The zero-order valence-corrected chi connectivity index (χ0v) is 24.3. The summed E-state index contributed by atoms with van der Waals surface area (Å²) in [5.74, 6) is 5.11. The van der Waals surface area contributed by atoms with E-state index in [1.807, 2.05) is 0 Å². The number of benzene rings is 1. The quantitative estimate of drug-likeness (QED) is 0.223. The first-order chi connectivity index (χ1) is 15.0. The van der Waals surface area contributed by atoms with Crippen molar-refractivity contribution in [3.8, 4) is 0 Å². The Morgan fingerprint density at radius 1 is 1.16 bits per heavy atom. The Hall–Kier alpha value is -0.764. The standard InChI is InChI=1S/C29H44OSeSi/c1-19(2)23-14-15-29(5)25(23)17-20(3)16-24-26(29)18-27(31-22-12-10-9-11-13-22)28(24)21(4)30-32(6,7)8/h9-13,17,19,23-27H,14-16,18H2,1-8H3/b28-21+/t23-,24-,25-,26-,27?,29-/m0/s1. The van der Waals surface area contributed by atoms with E-state index in [0.29, 0.717) is 31.1 Å². The Morgan fingerprint density at radius 3 is 2.47 bits per heavy atom. The minimum atomic E-state index is -1.63. The molecule has 32 heavy (non-hydrogen) atoms. The summed E-state index contributed by atoms with van der Waals surface area (Å²) < 4.78 is 8.27. The van der Waals surface area contributed by atoms with Crippen LogP contribution in [0.3, 0.4) is 0 Å². The van der Waals surface area contributed by atoms with Gasteiger partial charge < -0.3 is 0 Å². The third-order valence-corrected chi connectivity index (χ3v) is 12.1. The third kappa shape index (κ3) is 4.73. The van der Waals surface area contributed by atoms with Gasteiger partial charge in [0.15, 0.2) is 0 Å². The van der Waals surface area contributed by atoms with Crippen LogP contribution < -0.4 is 4.46 Å². The van der Waals surface area contributed by atoms with Crippen LogP contribution in [0.15, 0.2) is 53.3 Å². The Balaban J connectivity index is 1.76.